The number of ether oxygens (including phenoxy) is 2. The second-order valence-corrected chi connectivity index (χ2v) is 9.60. The van der Waals surface area contributed by atoms with Crippen LogP contribution in [0.2, 0.25) is 0 Å². The van der Waals surface area contributed by atoms with Crippen molar-refractivity contribution in [3.05, 3.63) is 78.3 Å². The van der Waals surface area contributed by atoms with Crippen LogP contribution in [0.5, 0.6) is 5.75 Å². The van der Waals surface area contributed by atoms with Crippen LogP contribution in [0.15, 0.2) is 61.1 Å². The molecule has 0 unspecified atom stereocenters. The fourth-order valence-electron chi connectivity index (χ4n) is 4.25. The molecule has 0 spiro atoms. The summed E-state index contributed by atoms with van der Waals surface area (Å²) in [5.41, 5.74) is 3.55. The highest BCUT2D eigenvalue weighted by Gasteiger charge is 2.24. The van der Waals surface area contributed by atoms with Gasteiger partial charge in [-0.3, -0.25) is 0 Å². The number of thiophene rings is 1. The molecular weight excluding hydrogens is 510 g/mol. The lowest BCUT2D eigenvalue weighted by Gasteiger charge is -2.10. The molecule has 38 heavy (non-hydrogen) atoms. The number of hydrogen-bond donors (Lipinski definition) is 1. The molecule has 0 amide bonds. The van der Waals surface area contributed by atoms with E-state index in [4.69, 9.17) is 14.5 Å². The number of nitrogens with one attached hydrogen (secondary N) is 1. The van der Waals surface area contributed by atoms with Crippen molar-refractivity contribution in [3.63, 3.8) is 0 Å². The summed E-state index contributed by atoms with van der Waals surface area (Å²) in [7, 11) is 1.66. The number of anilines is 1. The maximum Gasteiger partial charge on any atom is 0.173 e. The van der Waals surface area contributed by atoms with Crippen molar-refractivity contribution in [1.82, 2.24) is 24.7 Å². The number of halogens is 2. The first kappa shape index (κ1) is 24.1. The topological polar surface area (TPSA) is 87.0 Å². The summed E-state index contributed by atoms with van der Waals surface area (Å²) in [6, 6.07) is 13.1. The van der Waals surface area contributed by atoms with Crippen LogP contribution in [-0.2, 0) is 11.2 Å². The van der Waals surface area contributed by atoms with E-state index in [-0.39, 0.29) is 5.69 Å². The quantitative estimate of drug-likeness (QED) is 0.281. The molecule has 1 aliphatic rings. The van der Waals surface area contributed by atoms with E-state index < -0.39 is 11.6 Å². The number of pyridine rings is 2. The van der Waals surface area contributed by atoms with E-state index in [0.29, 0.717) is 37.8 Å². The van der Waals surface area contributed by atoms with E-state index in [1.165, 1.54) is 34.5 Å². The average Bonchev–Trinajstić information content (AvgIpc) is 3.53. The third-order valence-electron chi connectivity index (χ3n) is 6.09. The van der Waals surface area contributed by atoms with Gasteiger partial charge >= 0.3 is 0 Å². The van der Waals surface area contributed by atoms with Crippen molar-refractivity contribution in [1.29, 1.82) is 0 Å². The zero-order valence-corrected chi connectivity index (χ0v) is 21.1. The van der Waals surface area contributed by atoms with Gasteiger partial charge in [-0.15, -0.1) is 11.3 Å². The predicted octanol–water partition coefficient (Wildman–Crippen LogP) is 5.39. The molecule has 0 atom stereocenters. The summed E-state index contributed by atoms with van der Waals surface area (Å²) in [6.45, 7) is 1.76. The lowest BCUT2D eigenvalue weighted by molar-refractivity contribution is 0.210. The first-order valence-electron chi connectivity index (χ1n) is 11.9. The molecule has 11 heteroatoms. The summed E-state index contributed by atoms with van der Waals surface area (Å²) in [4.78, 5) is 15.6. The molecule has 5 aromatic rings. The van der Waals surface area contributed by atoms with Gasteiger partial charge in [0.25, 0.3) is 0 Å². The van der Waals surface area contributed by atoms with Gasteiger partial charge in [0, 0.05) is 37.9 Å². The Morgan fingerprint density at radius 1 is 1.11 bits per heavy atom. The van der Waals surface area contributed by atoms with Crippen LogP contribution < -0.4 is 10.1 Å². The Hall–Kier alpha value is -4.22. The molecule has 0 aliphatic carbocycles. The van der Waals surface area contributed by atoms with Gasteiger partial charge < -0.3 is 14.8 Å². The minimum absolute atomic E-state index is 0.124. The van der Waals surface area contributed by atoms with E-state index >= 15 is 0 Å². The molecule has 0 fully saturated rings. The van der Waals surface area contributed by atoms with E-state index in [9.17, 15) is 8.78 Å². The number of aromatic nitrogens is 5. The van der Waals surface area contributed by atoms with E-state index in [1.807, 2.05) is 30.3 Å². The number of nitrogens with zero attached hydrogens (tertiary/aromatic N) is 5. The zero-order valence-electron chi connectivity index (χ0n) is 20.3. The Bertz CT molecular complexity index is 1600. The monoisotopic (exact) mass is 532 g/mol. The fourth-order valence-corrected chi connectivity index (χ4v) is 5.44. The number of hydrogen-bond acceptors (Lipinski definition) is 8. The molecule has 5 heterocycles. The molecule has 4 aromatic heterocycles. The lowest BCUT2D eigenvalue weighted by atomic mass is 10.1. The molecule has 0 saturated heterocycles. The lowest BCUT2D eigenvalue weighted by Crippen LogP contribution is -2.08. The summed E-state index contributed by atoms with van der Waals surface area (Å²) in [6.07, 6.45) is 3.82. The van der Waals surface area contributed by atoms with Crippen LogP contribution in [0, 0.1) is 11.6 Å². The molecule has 1 aromatic carbocycles. The predicted molar refractivity (Wildman–Crippen MR) is 141 cm³/mol. The van der Waals surface area contributed by atoms with Crippen LogP contribution >= 0.6 is 11.3 Å². The highest BCUT2D eigenvalue weighted by molar-refractivity contribution is 7.19. The molecule has 0 saturated carbocycles. The average molecular weight is 533 g/mol. The normalized spacial score (nSPS) is 12.4. The number of methoxy groups -OCH3 is 1. The van der Waals surface area contributed by atoms with Crippen LogP contribution in [-0.4, -0.2) is 51.6 Å². The van der Waals surface area contributed by atoms with Crippen LogP contribution in [0.3, 0.4) is 0 Å². The Kier molecular flexibility index (Phi) is 6.52. The molecular formula is C27H22F2N6O2S. The van der Waals surface area contributed by atoms with Gasteiger partial charge in [0.1, 0.15) is 35.1 Å². The van der Waals surface area contributed by atoms with E-state index in [1.54, 1.807) is 13.3 Å². The maximum absolute atomic E-state index is 14.5. The minimum Gasteiger partial charge on any atom is -0.491 e. The summed E-state index contributed by atoms with van der Waals surface area (Å²) < 4.78 is 40.4. The van der Waals surface area contributed by atoms with Gasteiger partial charge in [-0.2, -0.15) is 5.10 Å². The molecule has 6 rings (SSSR count). The van der Waals surface area contributed by atoms with Gasteiger partial charge in [-0.1, -0.05) is 0 Å². The zero-order chi connectivity index (χ0) is 26.1. The van der Waals surface area contributed by atoms with E-state index in [0.717, 1.165) is 44.2 Å². The number of fused-ring (bicyclic) bond motifs is 3. The fraction of sp³-hybridized carbons (Fsp3) is 0.185. The second-order valence-electron chi connectivity index (χ2n) is 8.55. The van der Waals surface area contributed by atoms with Crippen molar-refractivity contribution in [2.75, 3.05) is 32.2 Å². The molecule has 0 bridgehead atoms. The van der Waals surface area contributed by atoms with Gasteiger partial charge in [0.05, 0.1) is 28.7 Å². The molecule has 0 radical (unpaired) electrons. The smallest absolute Gasteiger partial charge is 0.173 e. The van der Waals surface area contributed by atoms with Crippen molar-refractivity contribution in [2.24, 2.45) is 0 Å². The summed E-state index contributed by atoms with van der Waals surface area (Å²) in [5.74, 6) is 0.552. The van der Waals surface area contributed by atoms with Crippen LogP contribution in [0.25, 0.3) is 38.2 Å². The van der Waals surface area contributed by atoms with Crippen LogP contribution in [0.4, 0.5) is 14.6 Å². The van der Waals surface area contributed by atoms with Crippen LogP contribution in [0.1, 0.15) is 5.56 Å². The van der Waals surface area contributed by atoms with Gasteiger partial charge in [0.2, 0.25) is 0 Å². The van der Waals surface area contributed by atoms with Gasteiger partial charge in [-0.25, -0.2) is 28.4 Å². The van der Waals surface area contributed by atoms with Crippen molar-refractivity contribution in [3.8, 4) is 44.0 Å². The first-order chi connectivity index (χ1) is 18.6. The van der Waals surface area contributed by atoms with E-state index in [2.05, 4.69) is 20.4 Å². The largest absolute Gasteiger partial charge is 0.491 e. The SMILES string of the molecule is COCCNc1ccc(-c2ccc3c(n2)-c2sc(-c4ncnn4-c4ccc(F)cc4F)cc2CCO3)cn1. The third-order valence-corrected chi connectivity index (χ3v) is 7.27. The third kappa shape index (κ3) is 4.61. The Labute approximate surface area is 220 Å². The standard InChI is InChI=1S/C27H22F2N6O2S/c1-36-11-9-30-24-7-2-17(14-31-24)20-4-6-22-25(34-20)26-16(8-10-37-22)12-23(38-26)27-32-15-33-35(27)21-5-3-18(28)13-19(21)29/h2-7,12-15H,8-11H2,1H3,(H,30,31). The summed E-state index contributed by atoms with van der Waals surface area (Å²) >= 11 is 1.48. The van der Waals surface area contributed by atoms with Crippen molar-refractivity contribution < 1.29 is 18.3 Å². The molecule has 8 nitrogen and oxygen atoms in total. The number of benzene rings is 1. The molecule has 1 aliphatic heterocycles. The number of rotatable bonds is 7. The maximum atomic E-state index is 14.5. The first-order valence-corrected chi connectivity index (χ1v) is 12.7. The van der Waals surface area contributed by atoms with Gasteiger partial charge in [-0.05, 0) is 48.0 Å². The van der Waals surface area contributed by atoms with Crippen molar-refractivity contribution in [2.45, 2.75) is 6.42 Å². The molecule has 1 N–H and O–H groups in total. The van der Waals surface area contributed by atoms with Crippen molar-refractivity contribution >= 4 is 17.2 Å². The molecule has 192 valence electrons. The summed E-state index contributed by atoms with van der Waals surface area (Å²) in [5, 5.41) is 7.40. The second kappa shape index (κ2) is 10.3. The Balaban J connectivity index is 1.36. The Morgan fingerprint density at radius 2 is 2.03 bits per heavy atom. The minimum atomic E-state index is -0.714. The van der Waals surface area contributed by atoms with Gasteiger partial charge in [0.15, 0.2) is 11.6 Å². The highest BCUT2D eigenvalue weighted by atomic mass is 32.1. The Morgan fingerprint density at radius 3 is 2.84 bits per heavy atom. The highest BCUT2D eigenvalue weighted by Crippen LogP contribution is 2.43.